The van der Waals surface area contributed by atoms with E-state index in [2.05, 4.69) is 26.5 Å². The van der Waals surface area contributed by atoms with E-state index in [0.717, 1.165) is 18.8 Å². The maximum atomic E-state index is 12.4. The molecule has 0 spiro atoms. The van der Waals surface area contributed by atoms with Gasteiger partial charge in [0.25, 0.3) is 5.91 Å². The molecule has 0 radical (unpaired) electrons. The molecule has 0 saturated carbocycles. The number of piperidine rings is 1. The summed E-state index contributed by atoms with van der Waals surface area (Å²) in [4.78, 5) is 19.1. The molecule has 0 atom stereocenters. The molecule has 0 aliphatic carbocycles. The van der Waals surface area contributed by atoms with Gasteiger partial charge in [0, 0.05) is 25.2 Å². The summed E-state index contributed by atoms with van der Waals surface area (Å²) in [6.45, 7) is 5.68. The first-order valence-electron chi connectivity index (χ1n) is 9.22. The average molecular weight is 401 g/mol. The van der Waals surface area contributed by atoms with Gasteiger partial charge in [0.1, 0.15) is 5.82 Å². The van der Waals surface area contributed by atoms with Crippen molar-refractivity contribution in [3.05, 3.63) is 60.8 Å². The monoisotopic (exact) mass is 400 g/mol. The summed E-state index contributed by atoms with van der Waals surface area (Å²) in [5.41, 5.74) is 1.41. The highest BCUT2D eigenvalue weighted by atomic mass is 32.2. The minimum absolute atomic E-state index is 0.0925. The summed E-state index contributed by atoms with van der Waals surface area (Å²) in [7, 11) is -3.61. The number of benzene rings is 1. The number of carbonyl (C=O) groups is 1. The van der Waals surface area contributed by atoms with Gasteiger partial charge in [0.05, 0.1) is 16.8 Å². The van der Waals surface area contributed by atoms with Crippen LogP contribution in [0.1, 0.15) is 29.6 Å². The predicted octanol–water partition coefficient (Wildman–Crippen LogP) is 2.79. The van der Waals surface area contributed by atoms with E-state index in [1.54, 1.807) is 12.3 Å². The molecular formula is C20H24N4O3S. The quantitative estimate of drug-likeness (QED) is 0.698. The third-order valence-electron chi connectivity index (χ3n) is 4.56. The highest BCUT2D eigenvalue weighted by Gasteiger charge is 2.15. The van der Waals surface area contributed by atoms with Crippen LogP contribution in [0.2, 0.25) is 0 Å². The van der Waals surface area contributed by atoms with Crippen LogP contribution in [0.15, 0.2) is 60.1 Å². The fraction of sp³-hybridized carbons (Fsp3) is 0.300. The molecule has 7 nitrogen and oxygen atoms in total. The second kappa shape index (κ2) is 8.99. The van der Waals surface area contributed by atoms with Crippen LogP contribution in [0.5, 0.6) is 0 Å². The minimum Gasteiger partial charge on any atom is -0.370 e. The van der Waals surface area contributed by atoms with Crippen LogP contribution in [-0.4, -0.2) is 38.9 Å². The SMILES string of the molecule is C=CCNS(=O)(=O)c1ccc(C(=O)Nc2ccc(N3CCCCC3)cn2)cc1. The number of amides is 1. The Morgan fingerprint density at radius 1 is 1.11 bits per heavy atom. The van der Waals surface area contributed by atoms with Crippen LogP contribution in [0.3, 0.4) is 0 Å². The number of sulfonamides is 1. The van der Waals surface area contributed by atoms with Gasteiger partial charge in [0.2, 0.25) is 10.0 Å². The van der Waals surface area contributed by atoms with E-state index < -0.39 is 10.0 Å². The molecule has 1 aromatic carbocycles. The standard InChI is InChI=1S/C20H24N4O3S/c1-2-12-22-28(26,27)18-9-6-16(7-10-18)20(25)23-19-11-8-17(15-21-19)24-13-4-3-5-14-24/h2,6-11,15,22H,1,3-5,12-14H2,(H,21,23,25). The molecule has 1 fully saturated rings. The molecule has 148 valence electrons. The van der Waals surface area contributed by atoms with Gasteiger partial charge in [-0.15, -0.1) is 6.58 Å². The minimum atomic E-state index is -3.61. The lowest BCUT2D eigenvalue weighted by molar-refractivity contribution is 0.102. The van der Waals surface area contributed by atoms with Gasteiger partial charge >= 0.3 is 0 Å². The lowest BCUT2D eigenvalue weighted by Gasteiger charge is -2.28. The third kappa shape index (κ3) is 4.96. The number of rotatable bonds is 7. The van der Waals surface area contributed by atoms with Crippen molar-refractivity contribution in [2.24, 2.45) is 0 Å². The number of anilines is 2. The zero-order valence-corrected chi connectivity index (χ0v) is 16.4. The second-order valence-electron chi connectivity index (χ2n) is 6.57. The number of nitrogens with one attached hydrogen (secondary N) is 2. The Hall–Kier alpha value is -2.71. The average Bonchev–Trinajstić information content (AvgIpc) is 2.73. The summed E-state index contributed by atoms with van der Waals surface area (Å²) < 4.78 is 26.5. The number of nitrogens with zero attached hydrogens (tertiary/aromatic N) is 2. The molecule has 1 aliphatic heterocycles. The van der Waals surface area contributed by atoms with Crippen LogP contribution < -0.4 is 14.9 Å². The third-order valence-corrected chi connectivity index (χ3v) is 5.99. The molecule has 8 heteroatoms. The largest absolute Gasteiger partial charge is 0.370 e. The first-order valence-corrected chi connectivity index (χ1v) is 10.7. The summed E-state index contributed by atoms with van der Waals surface area (Å²) >= 11 is 0. The molecule has 3 rings (SSSR count). The summed E-state index contributed by atoms with van der Waals surface area (Å²) in [5.74, 6) is 0.108. The van der Waals surface area contributed by atoms with E-state index in [1.165, 1.54) is 49.6 Å². The fourth-order valence-corrected chi connectivity index (χ4v) is 4.02. The molecule has 0 bridgehead atoms. The number of hydrogen-bond donors (Lipinski definition) is 2. The van der Waals surface area contributed by atoms with Gasteiger partial charge in [0.15, 0.2) is 0 Å². The maximum absolute atomic E-state index is 12.4. The van der Waals surface area contributed by atoms with Gasteiger partial charge in [-0.25, -0.2) is 18.1 Å². The van der Waals surface area contributed by atoms with E-state index >= 15 is 0 Å². The Kier molecular flexibility index (Phi) is 6.43. The molecule has 2 heterocycles. The first kappa shape index (κ1) is 20.0. The first-order chi connectivity index (χ1) is 13.5. The van der Waals surface area contributed by atoms with Crippen molar-refractivity contribution in [3.8, 4) is 0 Å². The van der Waals surface area contributed by atoms with Crippen molar-refractivity contribution in [2.45, 2.75) is 24.2 Å². The normalized spacial score (nSPS) is 14.5. The molecule has 0 unspecified atom stereocenters. The molecule has 2 aromatic rings. The molecule has 1 amide bonds. The zero-order valence-electron chi connectivity index (χ0n) is 15.6. The summed E-state index contributed by atoms with van der Waals surface area (Å²) in [6.07, 6.45) is 6.87. The fourth-order valence-electron chi connectivity index (χ4n) is 3.03. The van der Waals surface area contributed by atoms with Gasteiger partial charge in [-0.05, 0) is 55.7 Å². The van der Waals surface area contributed by atoms with Gasteiger partial charge in [-0.3, -0.25) is 4.79 Å². The molecule has 1 aromatic heterocycles. The number of aromatic nitrogens is 1. The smallest absolute Gasteiger partial charge is 0.256 e. The Morgan fingerprint density at radius 3 is 2.43 bits per heavy atom. The van der Waals surface area contributed by atoms with E-state index in [9.17, 15) is 13.2 Å². The summed E-state index contributed by atoms with van der Waals surface area (Å²) in [6, 6.07) is 9.47. The lowest BCUT2D eigenvalue weighted by atomic mass is 10.1. The van der Waals surface area contributed by atoms with Crippen molar-refractivity contribution in [1.82, 2.24) is 9.71 Å². The number of hydrogen-bond acceptors (Lipinski definition) is 5. The Morgan fingerprint density at radius 2 is 1.82 bits per heavy atom. The van der Waals surface area contributed by atoms with Gasteiger partial charge in [-0.1, -0.05) is 6.08 Å². The molecular weight excluding hydrogens is 376 g/mol. The van der Waals surface area contributed by atoms with E-state index in [4.69, 9.17) is 0 Å². The molecule has 28 heavy (non-hydrogen) atoms. The zero-order chi connectivity index (χ0) is 20.0. The van der Waals surface area contributed by atoms with Crippen molar-refractivity contribution in [3.63, 3.8) is 0 Å². The van der Waals surface area contributed by atoms with Crippen molar-refractivity contribution in [1.29, 1.82) is 0 Å². The van der Waals surface area contributed by atoms with Gasteiger partial charge < -0.3 is 10.2 Å². The highest BCUT2D eigenvalue weighted by Crippen LogP contribution is 2.20. The predicted molar refractivity (Wildman–Crippen MR) is 110 cm³/mol. The Labute approximate surface area is 165 Å². The van der Waals surface area contributed by atoms with E-state index in [0.29, 0.717) is 11.4 Å². The van der Waals surface area contributed by atoms with Crippen LogP contribution in [0.25, 0.3) is 0 Å². The lowest BCUT2D eigenvalue weighted by Crippen LogP contribution is -2.29. The molecule has 2 N–H and O–H groups in total. The highest BCUT2D eigenvalue weighted by molar-refractivity contribution is 7.89. The summed E-state index contributed by atoms with van der Waals surface area (Å²) in [5, 5.41) is 2.73. The van der Waals surface area contributed by atoms with Gasteiger partial charge in [-0.2, -0.15) is 0 Å². The number of carbonyl (C=O) groups excluding carboxylic acids is 1. The van der Waals surface area contributed by atoms with Crippen LogP contribution >= 0.6 is 0 Å². The van der Waals surface area contributed by atoms with Crippen LogP contribution in [0, 0.1) is 0 Å². The number of pyridine rings is 1. The van der Waals surface area contributed by atoms with Crippen molar-refractivity contribution >= 4 is 27.4 Å². The molecule has 1 aliphatic rings. The van der Waals surface area contributed by atoms with Crippen molar-refractivity contribution in [2.75, 3.05) is 29.9 Å². The maximum Gasteiger partial charge on any atom is 0.256 e. The van der Waals surface area contributed by atoms with Crippen LogP contribution in [-0.2, 0) is 10.0 Å². The van der Waals surface area contributed by atoms with Crippen LogP contribution in [0.4, 0.5) is 11.5 Å². The Balaban J connectivity index is 1.63. The topological polar surface area (TPSA) is 91.4 Å². The van der Waals surface area contributed by atoms with E-state index in [-0.39, 0.29) is 17.3 Å². The Bertz CT molecular complexity index is 919. The second-order valence-corrected chi connectivity index (χ2v) is 8.34. The van der Waals surface area contributed by atoms with Crippen molar-refractivity contribution < 1.29 is 13.2 Å². The van der Waals surface area contributed by atoms with E-state index in [1.807, 2.05) is 6.07 Å². The molecule has 1 saturated heterocycles.